The van der Waals surface area contributed by atoms with Gasteiger partial charge in [0, 0.05) is 25.3 Å². The molecule has 2 fully saturated rings. The van der Waals surface area contributed by atoms with E-state index < -0.39 is 0 Å². The molecular weight excluding hydrogens is 369 g/mol. The Morgan fingerprint density at radius 3 is 2.44 bits per heavy atom. The van der Waals surface area contributed by atoms with Crippen molar-refractivity contribution in [2.24, 2.45) is 0 Å². The van der Waals surface area contributed by atoms with E-state index in [0.717, 1.165) is 22.9 Å². The van der Waals surface area contributed by atoms with E-state index in [4.69, 9.17) is 0 Å². The maximum absolute atomic E-state index is 13.1. The molecule has 1 N–H and O–H groups in total. The van der Waals surface area contributed by atoms with Crippen LogP contribution in [0.15, 0.2) is 36.5 Å². The Morgan fingerprint density at radius 2 is 1.81 bits per heavy atom. The van der Waals surface area contributed by atoms with E-state index in [0.29, 0.717) is 31.6 Å². The molecule has 8 heteroatoms. The van der Waals surface area contributed by atoms with Crippen LogP contribution < -0.4 is 0 Å². The van der Waals surface area contributed by atoms with Crippen LogP contribution in [0.5, 0.6) is 0 Å². The maximum atomic E-state index is 13.1. The van der Waals surface area contributed by atoms with Crippen LogP contribution in [0.2, 0.25) is 0 Å². The summed E-state index contributed by atoms with van der Waals surface area (Å²) in [6.45, 7) is 0.992. The molecule has 4 rings (SSSR count). The number of nitrogens with zero attached hydrogens (tertiary/aromatic N) is 2. The van der Waals surface area contributed by atoms with E-state index in [9.17, 15) is 18.8 Å². The van der Waals surface area contributed by atoms with E-state index in [-0.39, 0.29) is 34.7 Å². The predicted molar refractivity (Wildman–Crippen MR) is 99.8 cm³/mol. The SMILES string of the molecule is O=C(c1cc(-c2ccc(F)cc2)c[nH]1)N1CCC(N2C(=O)CSC2=O)CC1. The average molecular weight is 387 g/mol. The summed E-state index contributed by atoms with van der Waals surface area (Å²) < 4.78 is 13.1. The minimum atomic E-state index is -0.304. The van der Waals surface area contributed by atoms with Crippen LogP contribution in [0.3, 0.4) is 0 Å². The quantitative estimate of drug-likeness (QED) is 0.878. The molecule has 2 aromatic rings. The van der Waals surface area contributed by atoms with Crippen molar-refractivity contribution in [2.45, 2.75) is 18.9 Å². The summed E-state index contributed by atoms with van der Waals surface area (Å²) in [5.74, 6) is -0.341. The zero-order valence-corrected chi connectivity index (χ0v) is 15.3. The highest BCUT2D eigenvalue weighted by Crippen LogP contribution is 2.27. The van der Waals surface area contributed by atoms with Crippen molar-refractivity contribution in [1.82, 2.24) is 14.8 Å². The number of carbonyl (C=O) groups excluding carboxylic acids is 3. The minimum absolute atomic E-state index is 0.115. The number of nitrogens with one attached hydrogen (secondary N) is 1. The lowest BCUT2D eigenvalue weighted by atomic mass is 10.0. The van der Waals surface area contributed by atoms with Crippen LogP contribution in [0.1, 0.15) is 23.3 Å². The zero-order valence-electron chi connectivity index (χ0n) is 14.5. The second kappa shape index (κ2) is 7.19. The van der Waals surface area contributed by atoms with Gasteiger partial charge in [-0.05, 0) is 42.2 Å². The van der Waals surface area contributed by atoms with Crippen LogP contribution in [0.25, 0.3) is 11.1 Å². The van der Waals surface area contributed by atoms with Gasteiger partial charge >= 0.3 is 0 Å². The molecule has 0 unspecified atom stereocenters. The molecular formula is C19H18FN3O3S. The number of aromatic amines is 1. The Kier molecular flexibility index (Phi) is 4.73. The Morgan fingerprint density at radius 1 is 1.11 bits per heavy atom. The molecule has 0 radical (unpaired) electrons. The molecule has 0 spiro atoms. The lowest BCUT2D eigenvalue weighted by molar-refractivity contribution is -0.126. The highest BCUT2D eigenvalue weighted by Gasteiger charge is 2.38. The molecule has 2 aliphatic heterocycles. The number of likely N-dealkylation sites (tertiary alicyclic amines) is 1. The number of carbonyl (C=O) groups is 3. The summed E-state index contributed by atoms with van der Waals surface area (Å²) >= 11 is 1.04. The summed E-state index contributed by atoms with van der Waals surface area (Å²) in [6.07, 6.45) is 2.91. The summed E-state index contributed by atoms with van der Waals surface area (Å²) in [5.41, 5.74) is 2.11. The summed E-state index contributed by atoms with van der Waals surface area (Å²) in [5, 5.41) is -0.182. The minimum Gasteiger partial charge on any atom is -0.357 e. The number of halogens is 1. The van der Waals surface area contributed by atoms with Gasteiger partial charge in [0.15, 0.2) is 0 Å². The first-order valence-corrected chi connectivity index (χ1v) is 9.74. The molecule has 3 heterocycles. The highest BCUT2D eigenvalue weighted by molar-refractivity contribution is 8.14. The van der Waals surface area contributed by atoms with E-state index >= 15 is 0 Å². The zero-order chi connectivity index (χ0) is 19.0. The molecule has 6 nitrogen and oxygen atoms in total. The van der Waals surface area contributed by atoms with Gasteiger partial charge in [0.05, 0.1) is 5.75 Å². The second-order valence-electron chi connectivity index (χ2n) is 6.65. The first kappa shape index (κ1) is 17.8. The van der Waals surface area contributed by atoms with Crippen LogP contribution in [-0.4, -0.2) is 56.7 Å². The topological polar surface area (TPSA) is 73.5 Å². The van der Waals surface area contributed by atoms with Crippen molar-refractivity contribution in [2.75, 3.05) is 18.8 Å². The van der Waals surface area contributed by atoms with Crippen LogP contribution >= 0.6 is 11.8 Å². The van der Waals surface area contributed by atoms with Crippen LogP contribution in [-0.2, 0) is 4.79 Å². The predicted octanol–water partition coefficient (Wildman–Crippen LogP) is 3.12. The number of H-pyrrole nitrogens is 1. The van der Waals surface area contributed by atoms with Gasteiger partial charge in [-0.2, -0.15) is 0 Å². The lowest BCUT2D eigenvalue weighted by Crippen LogP contribution is -2.48. The van der Waals surface area contributed by atoms with E-state index in [1.165, 1.54) is 17.0 Å². The standard InChI is InChI=1S/C19H18FN3O3S/c20-14-3-1-12(2-4-14)13-9-16(21-10-13)18(25)22-7-5-15(6-8-22)23-17(24)11-27-19(23)26/h1-4,9-10,15,21H,5-8,11H2. The van der Waals surface area contributed by atoms with Gasteiger partial charge in [0.2, 0.25) is 5.91 Å². The number of hydrogen-bond acceptors (Lipinski definition) is 4. The Labute approximate surface area is 159 Å². The lowest BCUT2D eigenvalue weighted by Gasteiger charge is -2.35. The van der Waals surface area contributed by atoms with Gasteiger partial charge < -0.3 is 9.88 Å². The van der Waals surface area contributed by atoms with Gasteiger partial charge in [-0.3, -0.25) is 19.3 Å². The van der Waals surface area contributed by atoms with Crippen molar-refractivity contribution < 1.29 is 18.8 Å². The largest absolute Gasteiger partial charge is 0.357 e. The third-order valence-corrected chi connectivity index (χ3v) is 5.83. The van der Waals surface area contributed by atoms with E-state index in [1.807, 2.05) is 0 Å². The van der Waals surface area contributed by atoms with Crippen molar-refractivity contribution in [3.63, 3.8) is 0 Å². The van der Waals surface area contributed by atoms with Crippen molar-refractivity contribution in [3.05, 3.63) is 48.0 Å². The molecule has 0 saturated carbocycles. The molecule has 0 aliphatic carbocycles. The number of imide groups is 1. The molecule has 3 amide bonds. The van der Waals surface area contributed by atoms with Crippen LogP contribution in [0.4, 0.5) is 9.18 Å². The van der Waals surface area contributed by atoms with E-state index in [2.05, 4.69) is 4.98 Å². The maximum Gasteiger partial charge on any atom is 0.289 e. The van der Waals surface area contributed by atoms with Gasteiger partial charge in [0.1, 0.15) is 11.5 Å². The summed E-state index contributed by atoms with van der Waals surface area (Å²) in [6, 6.07) is 7.73. The second-order valence-corrected chi connectivity index (χ2v) is 7.58. The van der Waals surface area contributed by atoms with Crippen molar-refractivity contribution in [1.29, 1.82) is 0 Å². The number of hydrogen-bond donors (Lipinski definition) is 1. The molecule has 0 atom stereocenters. The van der Waals surface area contributed by atoms with Gasteiger partial charge in [-0.1, -0.05) is 23.9 Å². The normalized spacial score (nSPS) is 18.4. The van der Waals surface area contributed by atoms with Crippen molar-refractivity contribution >= 4 is 28.8 Å². The third kappa shape index (κ3) is 3.49. The number of aromatic nitrogens is 1. The Bertz CT molecular complexity index is 872. The number of thioether (sulfide) groups is 1. The fourth-order valence-electron chi connectivity index (χ4n) is 3.54. The third-order valence-electron chi connectivity index (χ3n) is 4.99. The first-order chi connectivity index (χ1) is 13.0. The number of piperidine rings is 1. The molecule has 2 aliphatic rings. The first-order valence-electron chi connectivity index (χ1n) is 8.75. The monoisotopic (exact) mass is 387 g/mol. The van der Waals surface area contributed by atoms with Crippen LogP contribution in [0, 0.1) is 5.82 Å². The molecule has 140 valence electrons. The summed E-state index contributed by atoms with van der Waals surface area (Å²) in [4.78, 5) is 42.5. The smallest absolute Gasteiger partial charge is 0.289 e. The Hall–Kier alpha value is -2.61. The van der Waals surface area contributed by atoms with Gasteiger partial charge in [-0.15, -0.1) is 0 Å². The van der Waals surface area contributed by atoms with Crippen molar-refractivity contribution in [3.8, 4) is 11.1 Å². The molecule has 0 bridgehead atoms. The van der Waals surface area contributed by atoms with Gasteiger partial charge in [-0.25, -0.2) is 4.39 Å². The fraction of sp³-hybridized carbons (Fsp3) is 0.316. The molecule has 1 aromatic carbocycles. The fourth-order valence-corrected chi connectivity index (χ4v) is 4.32. The van der Waals surface area contributed by atoms with Gasteiger partial charge in [0.25, 0.3) is 11.1 Å². The Balaban J connectivity index is 1.40. The molecule has 1 aromatic heterocycles. The summed E-state index contributed by atoms with van der Waals surface area (Å²) in [7, 11) is 0. The number of benzene rings is 1. The van der Waals surface area contributed by atoms with E-state index in [1.54, 1.807) is 29.3 Å². The molecule has 2 saturated heterocycles. The highest BCUT2D eigenvalue weighted by atomic mass is 32.2. The molecule has 27 heavy (non-hydrogen) atoms. The number of amides is 3. The average Bonchev–Trinajstić information content (AvgIpc) is 3.29. The number of rotatable bonds is 3.